The molecule has 1 rings (SSSR count). The van der Waals surface area contributed by atoms with Gasteiger partial charge in [-0.25, -0.2) is 9.59 Å². The van der Waals surface area contributed by atoms with Crippen LogP contribution in [0.4, 0.5) is 4.79 Å². The average Bonchev–Trinajstić information content (AvgIpc) is 2.71. The van der Waals surface area contributed by atoms with Crippen LogP contribution in [0.25, 0.3) is 0 Å². The Bertz CT molecular complexity index is 315. The average molecular weight is 260 g/mol. The Morgan fingerprint density at radius 1 is 1.39 bits per heavy atom. The number of hydrogen-bond acceptors (Lipinski definition) is 4. The third-order valence-corrected chi connectivity index (χ3v) is 3.19. The molecule has 1 aliphatic carbocycles. The first-order chi connectivity index (χ1) is 8.38. The molecular weight excluding hydrogens is 240 g/mol. The van der Waals surface area contributed by atoms with Crippen LogP contribution in [0.1, 0.15) is 25.7 Å². The largest absolute Gasteiger partial charge is 0.480 e. The number of amides is 2. The lowest BCUT2D eigenvalue weighted by Gasteiger charge is -2.29. The van der Waals surface area contributed by atoms with Gasteiger partial charge >= 0.3 is 12.0 Å². The highest BCUT2D eigenvalue weighted by Crippen LogP contribution is 2.29. The fourth-order valence-electron chi connectivity index (χ4n) is 2.15. The van der Waals surface area contributed by atoms with Crippen LogP contribution >= 0.6 is 0 Å². The maximum Gasteiger partial charge on any atom is 0.328 e. The number of carboxylic acids is 1. The molecule has 0 saturated heterocycles. The van der Waals surface area contributed by atoms with Gasteiger partial charge in [-0.3, -0.25) is 0 Å². The van der Waals surface area contributed by atoms with Crippen LogP contribution in [-0.4, -0.2) is 64.1 Å². The van der Waals surface area contributed by atoms with Crippen molar-refractivity contribution in [1.82, 2.24) is 10.2 Å². The summed E-state index contributed by atoms with van der Waals surface area (Å²) < 4.78 is 0. The molecule has 1 saturated carbocycles. The van der Waals surface area contributed by atoms with E-state index in [1.807, 2.05) is 0 Å². The number of aliphatic carboxylic acids is 1. The number of aliphatic hydroxyl groups is 2. The summed E-state index contributed by atoms with van der Waals surface area (Å²) in [7, 11) is 1.49. The predicted octanol–water partition coefficient (Wildman–Crippen LogP) is -0.622. The zero-order valence-electron chi connectivity index (χ0n) is 10.4. The standard InChI is InChI=1S/C11H20N2O5/c1-13(7-11(18)4-2-3-5-11)10(17)12-8(6-14)9(15)16/h8,14,18H,2-7H2,1H3,(H,12,17)(H,15,16)/t8-/m1/s1. The van der Waals surface area contributed by atoms with E-state index >= 15 is 0 Å². The van der Waals surface area contributed by atoms with Crippen LogP contribution in [0.5, 0.6) is 0 Å². The van der Waals surface area contributed by atoms with Crippen LogP contribution in [-0.2, 0) is 4.79 Å². The van der Waals surface area contributed by atoms with Crippen molar-refractivity contribution in [2.24, 2.45) is 0 Å². The summed E-state index contributed by atoms with van der Waals surface area (Å²) in [6.45, 7) is -0.504. The van der Waals surface area contributed by atoms with Gasteiger partial charge in [0.1, 0.15) is 0 Å². The van der Waals surface area contributed by atoms with Crippen LogP contribution in [0.15, 0.2) is 0 Å². The second kappa shape index (κ2) is 6.01. The number of nitrogens with one attached hydrogen (secondary N) is 1. The van der Waals surface area contributed by atoms with Crippen molar-refractivity contribution in [2.75, 3.05) is 20.2 Å². The minimum Gasteiger partial charge on any atom is -0.480 e. The zero-order valence-corrected chi connectivity index (χ0v) is 10.4. The van der Waals surface area contributed by atoms with Gasteiger partial charge in [-0.05, 0) is 12.8 Å². The van der Waals surface area contributed by atoms with Crippen molar-refractivity contribution < 1.29 is 24.9 Å². The normalized spacial score (nSPS) is 19.3. The Hall–Kier alpha value is -1.34. The minimum atomic E-state index is -1.32. The van der Waals surface area contributed by atoms with Crippen LogP contribution in [0.2, 0.25) is 0 Å². The second-order valence-electron chi connectivity index (χ2n) is 4.81. The van der Waals surface area contributed by atoms with Crippen LogP contribution in [0.3, 0.4) is 0 Å². The molecule has 7 heteroatoms. The lowest BCUT2D eigenvalue weighted by Crippen LogP contribution is -2.51. The lowest BCUT2D eigenvalue weighted by atomic mass is 10.0. The quantitative estimate of drug-likeness (QED) is 0.526. The summed E-state index contributed by atoms with van der Waals surface area (Å²) in [5.41, 5.74) is -0.871. The molecule has 1 aliphatic rings. The molecule has 7 nitrogen and oxygen atoms in total. The molecule has 2 amide bonds. The van der Waals surface area contributed by atoms with Crippen molar-refractivity contribution in [1.29, 1.82) is 0 Å². The molecule has 1 fully saturated rings. The van der Waals surface area contributed by atoms with Gasteiger partial charge in [-0.1, -0.05) is 12.8 Å². The Morgan fingerprint density at radius 2 is 1.94 bits per heavy atom. The topological polar surface area (TPSA) is 110 Å². The van der Waals surface area contributed by atoms with E-state index in [9.17, 15) is 14.7 Å². The SMILES string of the molecule is CN(CC1(O)CCCC1)C(=O)N[C@H](CO)C(=O)O. The highest BCUT2D eigenvalue weighted by Gasteiger charge is 2.34. The number of urea groups is 1. The van der Waals surface area contributed by atoms with Crippen molar-refractivity contribution in [3.63, 3.8) is 0 Å². The summed E-state index contributed by atoms with van der Waals surface area (Å²) in [6.07, 6.45) is 3.15. The summed E-state index contributed by atoms with van der Waals surface area (Å²) in [6, 6.07) is -1.94. The van der Waals surface area contributed by atoms with Crippen molar-refractivity contribution in [3.05, 3.63) is 0 Å². The van der Waals surface area contributed by atoms with Gasteiger partial charge < -0.3 is 25.5 Å². The van der Waals surface area contributed by atoms with Crippen molar-refractivity contribution in [2.45, 2.75) is 37.3 Å². The molecule has 0 spiro atoms. The van der Waals surface area contributed by atoms with E-state index in [0.29, 0.717) is 12.8 Å². The Labute approximate surface area is 105 Å². The predicted molar refractivity (Wildman–Crippen MR) is 63.1 cm³/mol. The number of carbonyl (C=O) groups is 2. The van der Waals surface area contributed by atoms with Gasteiger partial charge in [0.2, 0.25) is 0 Å². The summed E-state index contributed by atoms with van der Waals surface area (Å²) in [4.78, 5) is 23.6. The number of nitrogens with zero attached hydrogens (tertiary/aromatic N) is 1. The maximum atomic E-state index is 11.7. The first-order valence-electron chi connectivity index (χ1n) is 5.95. The maximum absolute atomic E-state index is 11.7. The number of carbonyl (C=O) groups excluding carboxylic acids is 1. The Morgan fingerprint density at radius 3 is 2.39 bits per heavy atom. The van der Waals surface area contributed by atoms with E-state index in [1.165, 1.54) is 11.9 Å². The van der Waals surface area contributed by atoms with E-state index < -0.39 is 30.3 Å². The van der Waals surface area contributed by atoms with E-state index in [0.717, 1.165) is 12.8 Å². The third-order valence-electron chi connectivity index (χ3n) is 3.19. The molecular formula is C11H20N2O5. The number of rotatable bonds is 5. The smallest absolute Gasteiger partial charge is 0.328 e. The van der Waals surface area contributed by atoms with Gasteiger partial charge in [0.25, 0.3) is 0 Å². The monoisotopic (exact) mass is 260 g/mol. The van der Waals surface area contributed by atoms with Crippen LogP contribution in [0, 0.1) is 0 Å². The van der Waals surface area contributed by atoms with Crippen molar-refractivity contribution >= 4 is 12.0 Å². The van der Waals surface area contributed by atoms with Gasteiger partial charge in [-0.2, -0.15) is 0 Å². The summed E-state index contributed by atoms with van der Waals surface area (Å²) in [5.74, 6) is -1.29. The molecule has 0 bridgehead atoms. The van der Waals surface area contributed by atoms with E-state index in [-0.39, 0.29) is 6.54 Å². The highest BCUT2D eigenvalue weighted by atomic mass is 16.4. The van der Waals surface area contributed by atoms with Gasteiger partial charge in [-0.15, -0.1) is 0 Å². The Kier molecular flexibility index (Phi) is 4.92. The molecule has 0 aliphatic heterocycles. The third kappa shape index (κ3) is 3.85. The zero-order chi connectivity index (χ0) is 13.8. The molecule has 0 aromatic heterocycles. The van der Waals surface area contributed by atoms with Gasteiger partial charge in [0, 0.05) is 7.05 Å². The molecule has 0 radical (unpaired) electrons. The molecule has 0 heterocycles. The lowest BCUT2D eigenvalue weighted by molar-refractivity contribution is -0.140. The van der Waals surface area contributed by atoms with E-state index in [4.69, 9.17) is 10.2 Å². The van der Waals surface area contributed by atoms with Gasteiger partial charge in [0.05, 0.1) is 18.8 Å². The molecule has 0 unspecified atom stereocenters. The van der Waals surface area contributed by atoms with E-state index in [1.54, 1.807) is 0 Å². The molecule has 18 heavy (non-hydrogen) atoms. The summed E-state index contributed by atoms with van der Waals surface area (Å²) >= 11 is 0. The molecule has 4 N–H and O–H groups in total. The van der Waals surface area contributed by atoms with E-state index in [2.05, 4.69) is 5.32 Å². The molecule has 0 aromatic carbocycles. The molecule has 104 valence electrons. The molecule has 0 aromatic rings. The fraction of sp³-hybridized carbons (Fsp3) is 0.818. The highest BCUT2D eigenvalue weighted by molar-refractivity contribution is 5.82. The number of likely N-dealkylation sites (N-methyl/N-ethyl adjacent to an activating group) is 1. The van der Waals surface area contributed by atoms with Crippen molar-refractivity contribution in [3.8, 4) is 0 Å². The first kappa shape index (κ1) is 14.7. The Balaban J connectivity index is 2.48. The minimum absolute atomic E-state index is 0.163. The number of carboxylic acid groups (broad SMARTS) is 1. The first-order valence-corrected chi connectivity index (χ1v) is 5.95. The number of hydrogen-bond donors (Lipinski definition) is 4. The van der Waals surface area contributed by atoms with Crippen LogP contribution < -0.4 is 5.32 Å². The molecule has 1 atom stereocenters. The summed E-state index contributed by atoms with van der Waals surface area (Å²) in [5, 5.41) is 29.8. The van der Waals surface area contributed by atoms with Gasteiger partial charge in [0.15, 0.2) is 6.04 Å². The second-order valence-corrected chi connectivity index (χ2v) is 4.81. The fourth-order valence-corrected chi connectivity index (χ4v) is 2.15. The number of aliphatic hydroxyl groups excluding tert-OH is 1.